The Balaban J connectivity index is 1.81. The van der Waals surface area contributed by atoms with Crippen molar-refractivity contribution in [3.8, 4) is 0 Å². The molecule has 5 aliphatic heterocycles. The monoisotopic (exact) mass is 670 g/mol. The fourth-order valence-electron chi connectivity index (χ4n) is 7.94. The van der Waals surface area contributed by atoms with Gasteiger partial charge in [0.2, 0.25) is 5.91 Å². The summed E-state index contributed by atoms with van der Waals surface area (Å²) >= 11 is 0. The van der Waals surface area contributed by atoms with E-state index in [4.69, 9.17) is 33.2 Å². The molecule has 0 aliphatic carbocycles. The lowest BCUT2D eigenvalue weighted by Gasteiger charge is -2.51. The molecule has 268 valence electrons. The summed E-state index contributed by atoms with van der Waals surface area (Å²) in [4.78, 5) is 56.5. The SMILES string of the molecule is CC[C@H]1OC(=O)[C@H](C)[C@@H](OC(C)=O)[C@H](C)[C@@H](O[C@@H]2O[C@H](C)C[C@H](N(C)C)[C@H]2O)[C@@]2(C)C[C@@H](C)N(CO2)C(=O)[C@H](C)[C@H]2OC(=O)O[C@@]21C. The fraction of sp³-hybridized carbons (Fsp3) is 0.879. The van der Waals surface area contributed by atoms with Crippen molar-refractivity contribution in [1.82, 2.24) is 9.80 Å². The standard InChI is InChI=1S/C33H54N2O12/c1-12-23-33(9)27(46-31(40)47-33)20(6)28(38)35-15-41-32(8,14-16(35)2)26(18(4)25(43-21(7)36)19(5)29(39)44-23)45-30-24(37)22(34(10)11)13-17(3)42-30/h16-20,22-27,30,37H,12-15H2,1-11H3/t16-,17-,18+,19-,20-,22+,23-,24-,25+,26-,27-,30+,32-,33-/m1/s1. The minimum Gasteiger partial charge on any atom is -0.461 e. The zero-order chi connectivity index (χ0) is 35.2. The lowest BCUT2D eigenvalue weighted by molar-refractivity contribution is -0.312. The number of rotatable bonds is 5. The lowest BCUT2D eigenvalue weighted by atomic mass is 9.78. The van der Waals surface area contributed by atoms with Gasteiger partial charge >= 0.3 is 18.1 Å². The molecule has 0 aromatic heterocycles. The molecule has 0 saturated carbocycles. The van der Waals surface area contributed by atoms with Crippen molar-refractivity contribution in [2.24, 2.45) is 17.8 Å². The normalized spacial score (nSPS) is 45.0. The van der Waals surface area contributed by atoms with Crippen LogP contribution < -0.4 is 0 Å². The highest BCUT2D eigenvalue weighted by molar-refractivity contribution is 5.81. The number of aliphatic hydroxyl groups excluding tert-OH is 1. The zero-order valence-corrected chi connectivity index (χ0v) is 29.6. The minimum atomic E-state index is -1.48. The van der Waals surface area contributed by atoms with E-state index in [1.807, 2.05) is 39.8 Å². The zero-order valence-electron chi connectivity index (χ0n) is 29.6. The number of hydrogen-bond donors (Lipinski definition) is 1. The third kappa shape index (κ3) is 7.26. The van der Waals surface area contributed by atoms with Crippen molar-refractivity contribution >= 4 is 24.0 Å². The van der Waals surface area contributed by atoms with E-state index < -0.39 is 83.9 Å². The second-order valence-corrected chi connectivity index (χ2v) is 14.5. The molecule has 14 heteroatoms. The maximum Gasteiger partial charge on any atom is 0.509 e. The topological polar surface area (TPSA) is 160 Å². The molecule has 2 bridgehead atoms. The van der Waals surface area contributed by atoms with E-state index in [9.17, 15) is 24.3 Å². The van der Waals surface area contributed by atoms with Crippen LogP contribution in [-0.2, 0) is 47.5 Å². The quantitative estimate of drug-likeness (QED) is 0.336. The Morgan fingerprint density at radius 3 is 2.30 bits per heavy atom. The first kappa shape index (κ1) is 37.3. The average Bonchev–Trinajstić information content (AvgIpc) is 3.30. The minimum absolute atomic E-state index is 0.114. The molecule has 1 N–H and O–H groups in total. The molecule has 0 aromatic carbocycles. The van der Waals surface area contributed by atoms with Crippen LogP contribution >= 0.6 is 0 Å². The number of carbonyl (C=O) groups excluding carboxylic acids is 4. The summed E-state index contributed by atoms with van der Waals surface area (Å²) < 4.78 is 42.4. The van der Waals surface area contributed by atoms with Gasteiger partial charge in [-0.3, -0.25) is 14.4 Å². The van der Waals surface area contributed by atoms with Crippen molar-refractivity contribution in [3.63, 3.8) is 0 Å². The molecule has 0 spiro atoms. The third-order valence-corrected chi connectivity index (χ3v) is 10.6. The number of hydrogen-bond acceptors (Lipinski definition) is 13. The molecule has 14 nitrogen and oxygen atoms in total. The Morgan fingerprint density at radius 2 is 1.72 bits per heavy atom. The molecule has 0 aromatic rings. The Morgan fingerprint density at radius 1 is 1.06 bits per heavy atom. The highest BCUT2D eigenvalue weighted by atomic mass is 16.8. The summed E-state index contributed by atoms with van der Waals surface area (Å²) in [7, 11) is 3.76. The first-order valence-electron chi connectivity index (χ1n) is 16.7. The smallest absolute Gasteiger partial charge is 0.461 e. The molecule has 5 aliphatic rings. The number of nitrogens with zero attached hydrogens (tertiary/aromatic N) is 2. The van der Waals surface area contributed by atoms with Crippen molar-refractivity contribution in [2.75, 3.05) is 20.8 Å². The molecular weight excluding hydrogens is 616 g/mol. The Kier molecular flexibility index (Phi) is 11.2. The van der Waals surface area contributed by atoms with Crippen LogP contribution in [0.4, 0.5) is 4.79 Å². The Hall–Kier alpha value is -2.52. The van der Waals surface area contributed by atoms with Gasteiger partial charge in [0.1, 0.15) is 25.0 Å². The van der Waals surface area contributed by atoms with Crippen molar-refractivity contribution in [1.29, 1.82) is 0 Å². The van der Waals surface area contributed by atoms with E-state index >= 15 is 0 Å². The molecule has 5 rings (SSSR count). The molecular formula is C33H54N2O12. The molecule has 5 fully saturated rings. The molecule has 47 heavy (non-hydrogen) atoms. The summed E-state index contributed by atoms with van der Waals surface area (Å²) in [6.45, 7) is 15.2. The van der Waals surface area contributed by atoms with Crippen LogP contribution in [0.15, 0.2) is 0 Å². The average molecular weight is 671 g/mol. The molecule has 1 amide bonds. The Bertz CT molecular complexity index is 1180. The fourth-order valence-corrected chi connectivity index (χ4v) is 7.94. The number of ether oxygens (including phenoxy) is 7. The summed E-state index contributed by atoms with van der Waals surface area (Å²) in [6.07, 6.45) is -6.14. The maximum atomic E-state index is 14.0. The molecule has 0 unspecified atom stereocenters. The van der Waals surface area contributed by atoms with Gasteiger partial charge < -0.3 is 48.1 Å². The highest BCUT2D eigenvalue weighted by Crippen LogP contribution is 2.43. The maximum absolute atomic E-state index is 14.0. The first-order chi connectivity index (χ1) is 21.8. The van der Waals surface area contributed by atoms with Gasteiger partial charge in [-0.2, -0.15) is 0 Å². The van der Waals surface area contributed by atoms with Gasteiger partial charge in [-0.25, -0.2) is 4.79 Å². The van der Waals surface area contributed by atoms with Gasteiger partial charge in [-0.15, -0.1) is 0 Å². The van der Waals surface area contributed by atoms with Crippen molar-refractivity contribution in [3.05, 3.63) is 0 Å². The molecule has 5 saturated heterocycles. The number of carbonyl (C=O) groups is 4. The highest BCUT2D eigenvalue weighted by Gasteiger charge is 2.60. The molecule has 14 atom stereocenters. The number of aliphatic hydroxyl groups is 1. The van der Waals surface area contributed by atoms with E-state index in [0.29, 0.717) is 6.42 Å². The van der Waals surface area contributed by atoms with Crippen LogP contribution in [0.25, 0.3) is 0 Å². The second kappa shape index (κ2) is 14.1. The summed E-state index contributed by atoms with van der Waals surface area (Å²) in [5, 5.41) is 11.4. The lowest BCUT2D eigenvalue weighted by Crippen LogP contribution is -2.63. The van der Waals surface area contributed by atoms with Gasteiger partial charge in [0.25, 0.3) is 0 Å². The van der Waals surface area contributed by atoms with Gasteiger partial charge in [0.05, 0.1) is 29.6 Å². The number of likely N-dealkylation sites (N-methyl/N-ethyl adjacent to an activating group) is 1. The molecule has 0 radical (unpaired) electrons. The van der Waals surface area contributed by atoms with Crippen LogP contribution in [0.5, 0.6) is 0 Å². The van der Waals surface area contributed by atoms with E-state index in [-0.39, 0.29) is 43.7 Å². The number of esters is 2. The van der Waals surface area contributed by atoms with Crippen molar-refractivity contribution < 1.29 is 57.4 Å². The van der Waals surface area contributed by atoms with E-state index in [0.717, 1.165) is 0 Å². The Labute approximate surface area is 277 Å². The van der Waals surface area contributed by atoms with Crippen LogP contribution in [0.1, 0.15) is 81.6 Å². The van der Waals surface area contributed by atoms with Gasteiger partial charge in [0.15, 0.2) is 18.0 Å². The van der Waals surface area contributed by atoms with E-state index in [2.05, 4.69) is 0 Å². The summed E-state index contributed by atoms with van der Waals surface area (Å²) in [5.41, 5.74) is -2.57. The molecule has 5 heterocycles. The van der Waals surface area contributed by atoms with Crippen molar-refractivity contribution in [2.45, 2.75) is 148 Å². The predicted molar refractivity (Wildman–Crippen MR) is 166 cm³/mol. The van der Waals surface area contributed by atoms with Crippen LogP contribution in [0.2, 0.25) is 0 Å². The summed E-state index contributed by atoms with van der Waals surface area (Å²) in [5.74, 6) is -4.22. The second-order valence-electron chi connectivity index (χ2n) is 14.5. The van der Waals surface area contributed by atoms with Gasteiger partial charge in [-0.05, 0) is 74.9 Å². The third-order valence-electron chi connectivity index (χ3n) is 10.6. The van der Waals surface area contributed by atoms with E-state index in [1.54, 1.807) is 39.5 Å². The van der Waals surface area contributed by atoms with Crippen LogP contribution in [0, 0.1) is 17.8 Å². The predicted octanol–water partition coefficient (Wildman–Crippen LogP) is 2.62. The largest absolute Gasteiger partial charge is 0.509 e. The van der Waals surface area contributed by atoms with E-state index in [1.165, 1.54) is 6.92 Å². The van der Waals surface area contributed by atoms with Crippen LogP contribution in [-0.4, -0.2) is 126 Å². The summed E-state index contributed by atoms with van der Waals surface area (Å²) in [6, 6.07) is -0.622. The first-order valence-corrected chi connectivity index (χ1v) is 16.7. The van der Waals surface area contributed by atoms with Gasteiger partial charge in [-0.1, -0.05) is 13.8 Å². The van der Waals surface area contributed by atoms with Crippen LogP contribution in [0.3, 0.4) is 0 Å². The number of fused-ring (bicyclic) bond motifs is 9. The van der Waals surface area contributed by atoms with Gasteiger partial charge in [0, 0.05) is 24.9 Å². The number of amides is 1.